The Kier molecular flexibility index (Phi) is 6.99. The average molecular weight is 580 g/mol. The molecule has 11 heteroatoms. The largest absolute Gasteiger partial charge is 0.383 e. The van der Waals surface area contributed by atoms with Crippen molar-refractivity contribution in [2.45, 2.75) is 51.6 Å². The summed E-state index contributed by atoms with van der Waals surface area (Å²) in [6.07, 6.45) is 4.93. The summed E-state index contributed by atoms with van der Waals surface area (Å²) in [5, 5.41) is 30.9. The molecule has 3 heterocycles. The molecule has 1 aliphatic carbocycles. The topological polar surface area (TPSA) is 125 Å². The number of hydrazine groups is 2. The maximum absolute atomic E-state index is 14.0. The smallest absolute Gasteiger partial charge is 0.262 e. The molecule has 0 amide bonds. The molecule has 0 spiro atoms. The molecule has 1 fully saturated rings. The fourth-order valence-corrected chi connectivity index (χ4v) is 5.40. The van der Waals surface area contributed by atoms with Gasteiger partial charge in [-0.1, -0.05) is 39.0 Å². The predicted molar refractivity (Wildman–Crippen MR) is 161 cm³/mol. The molecule has 6 rings (SSSR count). The minimum absolute atomic E-state index is 0.0683. The van der Waals surface area contributed by atoms with Gasteiger partial charge in [-0.15, -0.1) is 5.53 Å². The van der Waals surface area contributed by atoms with Crippen molar-refractivity contribution in [3.8, 4) is 12.1 Å². The van der Waals surface area contributed by atoms with Gasteiger partial charge in [0.1, 0.15) is 17.7 Å². The Labute approximate surface area is 248 Å². The van der Waals surface area contributed by atoms with Crippen LogP contribution in [-0.2, 0) is 0 Å². The summed E-state index contributed by atoms with van der Waals surface area (Å²) in [4.78, 5) is 8.71. The Morgan fingerprint density at radius 3 is 2.56 bits per heavy atom. The molecule has 1 saturated carbocycles. The van der Waals surface area contributed by atoms with Crippen LogP contribution in [0, 0.1) is 28.1 Å². The van der Waals surface area contributed by atoms with Crippen LogP contribution in [0.1, 0.15) is 56.3 Å². The molecular weight excluding hydrogens is 548 g/mol. The normalized spacial score (nSPS) is 16.4. The highest BCUT2D eigenvalue weighted by Gasteiger charge is 2.56. The molecule has 0 saturated heterocycles. The van der Waals surface area contributed by atoms with E-state index < -0.39 is 18.0 Å². The van der Waals surface area contributed by atoms with Crippen molar-refractivity contribution in [3.63, 3.8) is 0 Å². The fraction of sp³-hybridized carbons (Fsp3) is 0.312. The predicted octanol–water partition coefficient (Wildman–Crippen LogP) is 6.10. The first-order chi connectivity index (χ1) is 20.6. The summed E-state index contributed by atoms with van der Waals surface area (Å²) in [5.74, 6) is 0. The number of hydrogen-bond donors (Lipinski definition) is 4. The number of nitriles is 2. The van der Waals surface area contributed by atoms with Crippen molar-refractivity contribution in [1.82, 2.24) is 25.9 Å². The van der Waals surface area contributed by atoms with Crippen LogP contribution in [0.3, 0.4) is 0 Å². The summed E-state index contributed by atoms with van der Waals surface area (Å²) in [5.41, 5.74) is 8.66. The van der Waals surface area contributed by atoms with E-state index in [0.29, 0.717) is 58.5 Å². The maximum Gasteiger partial charge on any atom is 0.262 e. The molecule has 0 radical (unpaired) electrons. The standard InChI is InChI=1S/C32H31F2N9/c1-31(2,3)18-39-28-21(14-36)16-38-27-20(13-35)11-22(12-25(27)28)40-29(24-6-4-5-19-15-37-10-7-23(19)24)26-17-43(42-41-26)32(8-9-32)30(33)34/h4-7,10-12,15-17,29-30,40-42H,8-9,18H2,1-3H3,(H,38,39)/t29-/m0/s1. The Hall–Kier alpha value is -5.00. The zero-order valence-electron chi connectivity index (χ0n) is 24.0. The van der Waals surface area contributed by atoms with E-state index in [-0.39, 0.29) is 5.41 Å². The fourth-order valence-electron chi connectivity index (χ4n) is 5.40. The van der Waals surface area contributed by atoms with Gasteiger partial charge in [0, 0.05) is 47.8 Å². The number of aromatic nitrogens is 2. The van der Waals surface area contributed by atoms with Gasteiger partial charge in [0.25, 0.3) is 6.43 Å². The molecule has 218 valence electrons. The van der Waals surface area contributed by atoms with Crippen molar-refractivity contribution < 1.29 is 8.78 Å². The highest BCUT2D eigenvalue weighted by atomic mass is 19.3. The molecule has 9 nitrogen and oxygen atoms in total. The third kappa shape index (κ3) is 5.24. The molecule has 2 aromatic carbocycles. The minimum Gasteiger partial charge on any atom is -0.383 e. The van der Waals surface area contributed by atoms with Crippen molar-refractivity contribution >= 4 is 33.1 Å². The third-order valence-corrected chi connectivity index (χ3v) is 7.89. The van der Waals surface area contributed by atoms with E-state index in [2.05, 4.69) is 64.5 Å². The zero-order chi connectivity index (χ0) is 30.4. The number of alkyl halides is 2. The van der Waals surface area contributed by atoms with Gasteiger partial charge >= 0.3 is 0 Å². The molecule has 0 bridgehead atoms. The lowest BCUT2D eigenvalue weighted by atomic mass is 9.96. The first kappa shape index (κ1) is 28.1. The van der Waals surface area contributed by atoms with Gasteiger partial charge in [-0.2, -0.15) is 10.5 Å². The highest BCUT2D eigenvalue weighted by molar-refractivity contribution is 5.99. The quantitative estimate of drug-likeness (QED) is 0.196. The summed E-state index contributed by atoms with van der Waals surface area (Å²) >= 11 is 0. The molecule has 0 unspecified atom stereocenters. The van der Waals surface area contributed by atoms with Crippen LogP contribution in [0.4, 0.5) is 20.2 Å². The number of fused-ring (bicyclic) bond motifs is 2. The van der Waals surface area contributed by atoms with Crippen LogP contribution < -0.4 is 21.6 Å². The number of pyridine rings is 2. The van der Waals surface area contributed by atoms with Gasteiger partial charge in [-0.3, -0.25) is 15.0 Å². The van der Waals surface area contributed by atoms with Crippen LogP contribution in [0.25, 0.3) is 21.7 Å². The second-order valence-corrected chi connectivity index (χ2v) is 12.2. The summed E-state index contributed by atoms with van der Waals surface area (Å²) in [6.45, 7) is 6.86. The average Bonchev–Trinajstić information content (AvgIpc) is 3.67. The van der Waals surface area contributed by atoms with E-state index in [9.17, 15) is 19.3 Å². The first-order valence-electron chi connectivity index (χ1n) is 14.0. The second-order valence-electron chi connectivity index (χ2n) is 12.2. The van der Waals surface area contributed by atoms with E-state index in [4.69, 9.17) is 0 Å². The molecule has 43 heavy (non-hydrogen) atoms. The maximum atomic E-state index is 14.0. The first-order valence-corrected chi connectivity index (χ1v) is 14.0. The van der Waals surface area contributed by atoms with E-state index in [1.807, 2.05) is 30.3 Å². The van der Waals surface area contributed by atoms with Crippen LogP contribution >= 0.6 is 0 Å². The highest BCUT2D eigenvalue weighted by Crippen LogP contribution is 2.47. The summed E-state index contributed by atoms with van der Waals surface area (Å²) in [7, 11) is 0. The lowest BCUT2D eigenvalue weighted by Crippen LogP contribution is -2.48. The summed E-state index contributed by atoms with van der Waals surface area (Å²) < 4.78 is 27.9. The van der Waals surface area contributed by atoms with Gasteiger partial charge in [0.05, 0.1) is 34.1 Å². The van der Waals surface area contributed by atoms with Gasteiger partial charge in [0.15, 0.2) is 0 Å². The number of benzene rings is 2. The van der Waals surface area contributed by atoms with E-state index in [0.717, 1.165) is 16.3 Å². The van der Waals surface area contributed by atoms with Crippen molar-refractivity contribution in [3.05, 3.63) is 83.6 Å². The summed E-state index contributed by atoms with van der Waals surface area (Å²) in [6, 6.07) is 15.3. The zero-order valence-corrected chi connectivity index (χ0v) is 24.0. The van der Waals surface area contributed by atoms with Gasteiger partial charge in [0.2, 0.25) is 0 Å². The molecule has 4 N–H and O–H groups in total. The Morgan fingerprint density at radius 2 is 1.86 bits per heavy atom. The van der Waals surface area contributed by atoms with Gasteiger partial charge < -0.3 is 16.1 Å². The van der Waals surface area contributed by atoms with E-state index in [1.165, 1.54) is 11.2 Å². The van der Waals surface area contributed by atoms with Gasteiger partial charge in [-0.05, 0) is 47.4 Å². The molecule has 4 aromatic rings. The van der Waals surface area contributed by atoms with Crippen LogP contribution in [0.15, 0.2) is 66.9 Å². The van der Waals surface area contributed by atoms with Crippen molar-refractivity contribution in [2.75, 3.05) is 17.2 Å². The number of anilines is 2. The molecule has 2 aromatic heterocycles. The van der Waals surface area contributed by atoms with E-state index in [1.54, 1.807) is 24.7 Å². The van der Waals surface area contributed by atoms with Crippen LogP contribution in [-0.4, -0.2) is 33.5 Å². The Bertz CT molecular complexity index is 1820. The van der Waals surface area contributed by atoms with Gasteiger partial charge in [-0.25, -0.2) is 8.78 Å². The van der Waals surface area contributed by atoms with E-state index >= 15 is 0 Å². The number of halogens is 2. The Morgan fingerprint density at radius 1 is 1.07 bits per heavy atom. The monoisotopic (exact) mass is 579 g/mol. The lowest BCUT2D eigenvalue weighted by molar-refractivity contribution is 0.00911. The minimum atomic E-state index is -2.51. The van der Waals surface area contributed by atoms with Crippen molar-refractivity contribution in [1.29, 1.82) is 10.5 Å². The second kappa shape index (κ2) is 10.7. The molecule has 1 aliphatic heterocycles. The number of hydrogen-bond acceptors (Lipinski definition) is 9. The number of nitrogens with zero attached hydrogens (tertiary/aromatic N) is 5. The van der Waals surface area contributed by atoms with Crippen LogP contribution in [0.2, 0.25) is 0 Å². The lowest BCUT2D eigenvalue weighted by Gasteiger charge is -2.25. The van der Waals surface area contributed by atoms with Crippen LogP contribution in [0.5, 0.6) is 0 Å². The SMILES string of the molecule is CC(C)(C)CNc1c(C#N)cnc2c(C#N)cc(N[C@H](C3=CN(C4(C(F)F)CC4)NN3)c3cccc4cnccc34)cc12. The Balaban J connectivity index is 1.48. The van der Waals surface area contributed by atoms with Crippen molar-refractivity contribution in [2.24, 2.45) is 5.41 Å². The molecule has 2 aliphatic rings. The number of rotatable bonds is 8. The molecular formula is C32H31F2N9. The number of nitrogens with one attached hydrogen (secondary N) is 4. The molecule has 1 atom stereocenters. The third-order valence-electron chi connectivity index (χ3n) is 7.89.